The number of imide groups is 1. The summed E-state index contributed by atoms with van der Waals surface area (Å²) in [4.78, 5) is 27.1. The summed E-state index contributed by atoms with van der Waals surface area (Å²) in [5.74, 6) is -0.549. The molecule has 0 spiro atoms. The van der Waals surface area contributed by atoms with Gasteiger partial charge in [-0.05, 0) is 18.1 Å². The van der Waals surface area contributed by atoms with Crippen LogP contribution in [0.25, 0.3) is 0 Å². The quantitative estimate of drug-likeness (QED) is 0.870. The normalized spacial score (nSPS) is 26.3. The number of hydrogen-bond donors (Lipinski definition) is 1. The maximum Gasteiger partial charge on any atom is 0.248 e. The molecule has 0 bridgehead atoms. The number of nitrogens with one attached hydrogen (secondary N) is 1. The number of likely N-dealkylation sites (N-methyl/N-ethyl adjacent to an activating group) is 1. The molecule has 2 aliphatic heterocycles. The van der Waals surface area contributed by atoms with Crippen LogP contribution >= 0.6 is 0 Å². The average molecular weight is 335 g/mol. The second kappa shape index (κ2) is 6.43. The Morgan fingerprint density at radius 1 is 0.920 bits per heavy atom. The van der Waals surface area contributed by atoms with E-state index in [0.717, 1.165) is 11.1 Å². The number of nitrogens with zero attached hydrogens (tertiary/aromatic N) is 2. The van der Waals surface area contributed by atoms with Crippen molar-refractivity contribution in [3.63, 3.8) is 0 Å². The van der Waals surface area contributed by atoms with E-state index in [2.05, 4.69) is 5.43 Å². The number of likely N-dealkylation sites (tertiary alicyclic amines) is 1. The Hall–Kier alpha value is -2.50. The predicted molar refractivity (Wildman–Crippen MR) is 94.0 cm³/mol. The fourth-order valence-electron chi connectivity index (χ4n) is 3.91. The molecular weight excluding hydrogens is 314 g/mol. The lowest BCUT2D eigenvalue weighted by molar-refractivity contribution is -0.141. The molecule has 4 rings (SSSR count). The molecule has 2 aromatic carbocycles. The maximum atomic E-state index is 12.8. The fraction of sp³-hybridized carbons (Fsp3) is 0.300. The monoisotopic (exact) mass is 335 g/mol. The minimum Gasteiger partial charge on any atom is -0.281 e. The number of hydrazine groups is 1. The summed E-state index contributed by atoms with van der Waals surface area (Å²) in [5.41, 5.74) is 5.57. The second-order valence-electron chi connectivity index (χ2n) is 6.52. The molecule has 1 N–H and O–H groups in total. The van der Waals surface area contributed by atoms with E-state index in [9.17, 15) is 9.59 Å². The van der Waals surface area contributed by atoms with Gasteiger partial charge in [0.15, 0.2) is 0 Å². The van der Waals surface area contributed by atoms with Crippen molar-refractivity contribution in [3.8, 4) is 0 Å². The first-order chi connectivity index (χ1) is 12.2. The van der Waals surface area contributed by atoms with Gasteiger partial charge in [0.05, 0.1) is 12.0 Å². The van der Waals surface area contributed by atoms with Crippen LogP contribution in [0.3, 0.4) is 0 Å². The maximum absolute atomic E-state index is 12.8. The molecule has 2 aliphatic rings. The Kier molecular flexibility index (Phi) is 4.11. The van der Waals surface area contributed by atoms with E-state index >= 15 is 0 Å². The standard InChI is InChI=1S/C20H21N3O2/c1-2-22-19(24)16-17(15-11-7-4-8-12-15)21-23(18(16)20(22)25)13-14-9-5-3-6-10-14/h3-12,16-18,21H,2,13H2,1H3/t16-,17+,18-/m1/s1. The molecule has 3 atom stereocenters. The minimum absolute atomic E-state index is 0.0746. The SMILES string of the molecule is CCN1C(=O)[C@@H]2[C@H](c3ccccc3)NN(Cc3ccccc3)[C@H]2C1=O. The third-order valence-electron chi connectivity index (χ3n) is 5.08. The van der Waals surface area contributed by atoms with Crippen LogP contribution in [0.5, 0.6) is 0 Å². The third-order valence-corrected chi connectivity index (χ3v) is 5.08. The van der Waals surface area contributed by atoms with Crippen LogP contribution in [0, 0.1) is 5.92 Å². The molecule has 0 radical (unpaired) electrons. The van der Waals surface area contributed by atoms with Crippen molar-refractivity contribution in [3.05, 3.63) is 71.8 Å². The van der Waals surface area contributed by atoms with Crippen molar-refractivity contribution in [1.82, 2.24) is 15.3 Å². The van der Waals surface area contributed by atoms with E-state index in [-0.39, 0.29) is 23.8 Å². The fourth-order valence-corrected chi connectivity index (χ4v) is 3.91. The lowest BCUT2D eigenvalue weighted by atomic mass is 9.91. The molecule has 5 heteroatoms. The van der Waals surface area contributed by atoms with Gasteiger partial charge in [-0.15, -0.1) is 0 Å². The van der Waals surface area contributed by atoms with Crippen molar-refractivity contribution in [2.45, 2.75) is 25.6 Å². The Labute approximate surface area is 147 Å². The Morgan fingerprint density at radius 2 is 1.56 bits per heavy atom. The lowest BCUT2D eigenvalue weighted by Crippen LogP contribution is -2.44. The van der Waals surface area contributed by atoms with Crippen LogP contribution in [0.15, 0.2) is 60.7 Å². The van der Waals surface area contributed by atoms with Gasteiger partial charge < -0.3 is 0 Å². The molecule has 2 fully saturated rings. The van der Waals surface area contributed by atoms with Gasteiger partial charge in [-0.25, -0.2) is 10.4 Å². The summed E-state index contributed by atoms with van der Waals surface area (Å²) in [6.07, 6.45) is 0. The van der Waals surface area contributed by atoms with Crippen molar-refractivity contribution in [2.75, 3.05) is 6.54 Å². The van der Waals surface area contributed by atoms with Gasteiger partial charge in [-0.1, -0.05) is 60.7 Å². The molecule has 0 unspecified atom stereocenters. The minimum atomic E-state index is -0.446. The topological polar surface area (TPSA) is 52.7 Å². The number of benzene rings is 2. The molecule has 5 nitrogen and oxygen atoms in total. The molecule has 0 aromatic heterocycles. The largest absolute Gasteiger partial charge is 0.281 e. The first-order valence-electron chi connectivity index (χ1n) is 8.67. The van der Waals surface area contributed by atoms with E-state index in [4.69, 9.17) is 0 Å². The van der Waals surface area contributed by atoms with Gasteiger partial charge in [0.2, 0.25) is 11.8 Å². The summed E-state index contributed by atoms with van der Waals surface area (Å²) in [6.45, 7) is 2.86. The van der Waals surface area contributed by atoms with Crippen molar-refractivity contribution >= 4 is 11.8 Å². The van der Waals surface area contributed by atoms with Crippen LogP contribution in [0.2, 0.25) is 0 Å². The van der Waals surface area contributed by atoms with Gasteiger partial charge in [0, 0.05) is 13.1 Å². The number of carbonyl (C=O) groups excluding carboxylic acids is 2. The molecule has 2 amide bonds. The van der Waals surface area contributed by atoms with Gasteiger partial charge in [0.1, 0.15) is 6.04 Å². The van der Waals surface area contributed by atoms with E-state index in [1.807, 2.05) is 72.6 Å². The van der Waals surface area contributed by atoms with Crippen LogP contribution in [0.4, 0.5) is 0 Å². The predicted octanol–water partition coefficient (Wildman–Crippen LogP) is 2.12. The number of amides is 2. The summed E-state index contributed by atoms with van der Waals surface area (Å²) in [5, 5.41) is 1.94. The van der Waals surface area contributed by atoms with Crippen LogP contribution in [0.1, 0.15) is 24.1 Å². The molecular formula is C20H21N3O2. The molecule has 2 heterocycles. The highest BCUT2D eigenvalue weighted by molar-refractivity contribution is 6.07. The van der Waals surface area contributed by atoms with Crippen LogP contribution < -0.4 is 5.43 Å². The summed E-state index contributed by atoms with van der Waals surface area (Å²) in [6, 6.07) is 19.3. The number of fused-ring (bicyclic) bond motifs is 1. The highest BCUT2D eigenvalue weighted by atomic mass is 16.2. The average Bonchev–Trinajstić information content (AvgIpc) is 3.14. The van der Waals surface area contributed by atoms with Crippen LogP contribution in [-0.4, -0.2) is 34.3 Å². The van der Waals surface area contributed by atoms with Gasteiger partial charge in [-0.3, -0.25) is 14.5 Å². The molecule has 0 aliphatic carbocycles. The van der Waals surface area contributed by atoms with Gasteiger partial charge in [-0.2, -0.15) is 0 Å². The second-order valence-corrected chi connectivity index (χ2v) is 6.52. The molecule has 25 heavy (non-hydrogen) atoms. The van der Waals surface area contributed by atoms with Crippen molar-refractivity contribution in [2.24, 2.45) is 5.92 Å². The van der Waals surface area contributed by atoms with E-state index < -0.39 is 6.04 Å². The summed E-state index contributed by atoms with van der Waals surface area (Å²) in [7, 11) is 0. The van der Waals surface area contributed by atoms with E-state index in [1.165, 1.54) is 4.90 Å². The van der Waals surface area contributed by atoms with E-state index in [1.54, 1.807) is 0 Å². The Balaban J connectivity index is 1.69. The van der Waals surface area contributed by atoms with Gasteiger partial charge >= 0.3 is 0 Å². The molecule has 0 saturated carbocycles. The number of carbonyl (C=O) groups is 2. The smallest absolute Gasteiger partial charge is 0.248 e. The lowest BCUT2D eigenvalue weighted by Gasteiger charge is -2.24. The highest BCUT2D eigenvalue weighted by Gasteiger charge is 2.57. The third kappa shape index (κ3) is 2.65. The molecule has 2 aromatic rings. The molecule has 128 valence electrons. The summed E-state index contributed by atoms with van der Waals surface area (Å²) >= 11 is 0. The van der Waals surface area contributed by atoms with Crippen molar-refractivity contribution < 1.29 is 9.59 Å². The highest BCUT2D eigenvalue weighted by Crippen LogP contribution is 2.40. The first-order valence-corrected chi connectivity index (χ1v) is 8.67. The zero-order valence-electron chi connectivity index (χ0n) is 14.1. The Bertz CT molecular complexity index is 778. The zero-order valence-corrected chi connectivity index (χ0v) is 14.1. The Morgan fingerprint density at radius 3 is 2.20 bits per heavy atom. The number of hydrogen-bond acceptors (Lipinski definition) is 4. The van der Waals surface area contributed by atoms with Crippen LogP contribution in [-0.2, 0) is 16.1 Å². The van der Waals surface area contributed by atoms with E-state index in [0.29, 0.717) is 13.1 Å². The van der Waals surface area contributed by atoms with Crippen molar-refractivity contribution in [1.29, 1.82) is 0 Å². The summed E-state index contributed by atoms with van der Waals surface area (Å²) < 4.78 is 0. The first kappa shape index (κ1) is 16.0. The number of rotatable bonds is 4. The molecule has 2 saturated heterocycles. The van der Waals surface area contributed by atoms with Gasteiger partial charge in [0.25, 0.3) is 0 Å². The zero-order chi connectivity index (χ0) is 17.4.